The number of hydrogen-bond donors (Lipinski definition) is 2. The highest BCUT2D eigenvalue weighted by molar-refractivity contribution is 5.81. The lowest BCUT2D eigenvalue weighted by molar-refractivity contribution is -0.120. The Morgan fingerprint density at radius 3 is 2.63 bits per heavy atom. The van der Waals surface area contributed by atoms with Gasteiger partial charge in [0.1, 0.15) is 5.65 Å². The first-order valence-corrected chi connectivity index (χ1v) is 8.66. The van der Waals surface area contributed by atoms with Crippen LogP contribution in [0.2, 0.25) is 0 Å². The van der Waals surface area contributed by atoms with E-state index in [1.54, 1.807) is 11.7 Å². The van der Waals surface area contributed by atoms with Gasteiger partial charge in [-0.25, -0.2) is 4.98 Å². The van der Waals surface area contributed by atoms with Crippen LogP contribution in [0.4, 0.5) is 11.4 Å². The number of amides is 1. The van der Waals surface area contributed by atoms with Crippen LogP contribution in [-0.2, 0) is 18.3 Å². The summed E-state index contributed by atoms with van der Waals surface area (Å²) in [5, 5.41) is 10.6. The molecule has 0 aliphatic heterocycles. The number of anilines is 2. The third-order valence-electron chi connectivity index (χ3n) is 4.27. The van der Waals surface area contributed by atoms with Crippen molar-refractivity contribution in [2.45, 2.75) is 6.42 Å². The molecular formula is C20H20N6O. The van der Waals surface area contributed by atoms with E-state index in [4.69, 9.17) is 0 Å². The summed E-state index contributed by atoms with van der Waals surface area (Å²) in [7, 11) is 3.51. The van der Waals surface area contributed by atoms with Gasteiger partial charge in [0.15, 0.2) is 0 Å². The van der Waals surface area contributed by atoms with Crippen molar-refractivity contribution in [3.8, 4) is 11.3 Å². The van der Waals surface area contributed by atoms with Crippen LogP contribution in [0.25, 0.3) is 16.9 Å². The number of hydrogen-bond acceptors (Lipinski definition) is 4. The number of fused-ring (bicyclic) bond motifs is 1. The van der Waals surface area contributed by atoms with Crippen LogP contribution in [0.3, 0.4) is 0 Å². The van der Waals surface area contributed by atoms with Gasteiger partial charge in [0.2, 0.25) is 5.91 Å². The second-order valence-electron chi connectivity index (χ2n) is 6.32. The molecule has 3 heterocycles. The summed E-state index contributed by atoms with van der Waals surface area (Å²) in [6.45, 7) is 0. The number of pyridine rings is 1. The zero-order chi connectivity index (χ0) is 18.8. The minimum atomic E-state index is -0.0690. The lowest BCUT2D eigenvalue weighted by Gasteiger charge is -2.09. The van der Waals surface area contributed by atoms with E-state index in [0.717, 1.165) is 28.3 Å². The number of carbonyl (C=O) groups is 1. The van der Waals surface area contributed by atoms with Crippen LogP contribution in [-0.4, -0.2) is 32.1 Å². The molecule has 0 unspecified atom stereocenters. The number of likely N-dealkylation sites (N-methyl/N-ethyl adjacent to an activating group) is 1. The molecule has 136 valence electrons. The second-order valence-corrected chi connectivity index (χ2v) is 6.32. The van der Waals surface area contributed by atoms with Gasteiger partial charge in [-0.3, -0.25) is 9.48 Å². The van der Waals surface area contributed by atoms with Gasteiger partial charge >= 0.3 is 0 Å². The van der Waals surface area contributed by atoms with Gasteiger partial charge in [0.05, 0.1) is 23.5 Å². The molecule has 0 atom stereocenters. The average molecular weight is 360 g/mol. The molecule has 7 nitrogen and oxygen atoms in total. The van der Waals surface area contributed by atoms with Gasteiger partial charge in [-0.05, 0) is 24.3 Å². The smallest absolute Gasteiger partial charge is 0.225 e. The maximum absolute atomic E-state index is 11.7. The van der Waals surface area contributed by atoms with Crippen LogP contribution in [0.5, 0.6) is 0 Å². The quantitative estimate of drug-likeness (QED) is 0.574. The number of nitrogens with one attached hydrogen (secondary N) is 2. The molecule has 2 N–H and O–H groups in total. The van der Waals surface area contributed by atoms with Crippen molar-refractivity contribution < 1.29 is 4.79 Å². The van der Waals surface area contributed by atoms with E-state index in [2.05, 4.69) is 20.7 Å². The van der Waals surface area contributed by atoms with E-state index in [1.165, 1.54) is 0 Å². The monoisotopic (exact) mass is 360 g/mol. The average Bonchev–Trinajstić information content (AvgIpc) is 3.27. The van der Waals surface area contributed by atoms with Gasteiger partial charge in [-0.1, -0.05) is 18.2 Å². The Balaban J connectivity index is 1.81. The first-order chi connectivity index (χ1) is 13.1. The predicted octanol–water partition coefficient (Wildman–Crippen LogP) is 2.77. The number of para-hydroxylation sites is 1. The fourth-order valence-corrected chi connectivity index (χ4v) is 2.99. The minimum Gasteiger partial charge on any atom is -0.359 e. The highest BCUT2D eigenvalue weighted by Crippen LogP contribution is 2.28. The van der Waals surface area contributed by atoms with Crippen LogP contribution in [0.15, 0.2) is 61.1 Å². The largest absolute Gasteiger partial charge is 0.359 e. The van der Waals surface area contributed by atoms with E-state index in [0.29, 0.717) is 5.69 Å². The molecule has 0 fully saturated rings. The SMILES string of the molecule is CNC(=O)Cc1cn2cc(Nc3ccccc3)cc(-c3ccn(C)n3)c2n1. The Morgan fingerprint density at radius 2 is 1.93 bits per heavy atom. The molecule has 27 heavy (non-hydrogen) atoms. The molecule has 7 heteroatoms. The van der Waals surface area contributed by atoms with Crippen molar-refractivity contribution in [2.24, 2.45) is 7.05 Å². The minimum absolute atomic E-state index is 0.0690. The first-order valence-electron chi connectivity index (χ1n) is 8.66. The molecule has 0 aliphatic carbocycles. The fourth-order valence-electron chi connectivity index (χ4n) is 2.99. The summed E-state index contributed by atoms with van der Waals surface area (Å²) in [6, 6.07) is 14.0. The Bertz CT molecular complexity index is 1100. The van der Waals surface area contributed by atoms with E-state index in [1.807, 2.05) is 72.5 Å². The molecule has 0 saturated carbocycles. The number of benzene rings is 1. The molecule has 0 spiro atoms. The molecule has 0 aliphatic rings. The van der Waals surface area contributed by atoms with Crippen molar-refractivity contribution in [2.75, 3.05) is 12.4 Å². The van der Waals surface area contributed by atoms with Crippen LogP contribution >= 0.6 is 0 Å². The topological polar surface area (TPSA) is 76.2 Å². The van der Waals surface area contributed by atoms with Gasteiger partial charge in [0, 0.05) is 43.9 Å². The Morgan fingerprint density at radius 1 is 1.11 bits per heavy atom. The van der Waals surface area contributed by atoms with Crippen LogP contribution in [0.1, 0.15) is 5.69 Å². The molecule has 0 radical (unpaired) electrons. The Hall–Kier alpha value is -3.61. The van der Waals surface area contributed by atoms with Crippen molar-refractivity contribution >= 4 is 22.9 Å². The highest BCUT2D eigenvalue weighted by atomic mass is 16.1. The van der Waals surface area contributed by atoms with Crippen molar-refractivity contribution in [3.63, 3.8) is 0 Å². The number of imidazole rings is 1. The number of carbonyl (C=O) groups excluding carboxylic acids is 1. The first kappa shape index (κ1) is 16.8. The summed E-state index contributed by atoms with van der Waals surface area (Å²) in [5.41, 5.74) is 5.12. The van der Waals surface area contributed by atoms with E-state index in [-0.39, 0.29) is 12.3 Å². The number of aromatic nitrogens is 4. The molecule has 3 aromatic heterocycles. The van der Waals surface area contributed by atoms with Crippen LogP contribution in [0, 0.1) is 0 Å². The summed E-state index contributed by atoms with van der Waals surface area (Å²) in [4.78, 5) is 16.4. The van der Waals surface area contributed by atoms with E-state index in [9.17, 15) is 4.79 Å². The fraction of sp³-hybridized carbons (Fsp3) is 0.150. The standard InChI is InChI=1S/C20H20N6O/c1-21-19(27)11-16-13-26-12-15(22-14-6-4-3-5-7-14)10-17(20(26)23-16)18-8-9-25(2)24-18/h3-10,12-13,22H,11H2,1-2H3,(H,21,27). The molecule has 1 aromatic carbocycles. The van der Waals surface area contributed by atoms with Crippen molar-refractivity contribution in [1.29, 1.82) is 0 Å². The van der Waals surface area contributed by atoms with Gasteiger partial charge in [-0.15, -0.1) is 0 Å². The van der Waals surface area contributed by atoms with Crippen LogP contribution < -0.4 is 10.6 Å². The number of rotatable bonds is 5. The van der Waals surface area contributed by atoms with Crippen molar-refractivity contribution in [3.05, 3.63) is 66.7 Å². The van der Waals surface area contributed by atoms with Crippen molar-refractivity contribution in [1.82, 2.24) is 24.5 Å². The number of aryl methyl sites for hydroxylation is 1. The molecule has 0 bridgehead atoms. The lowest BCUT2D eigenvalue weighted by Crippen LogP contribution is -2.20. The van der Waals surface area contributed by atoms with E-state index >= 15 is 0 Å². The van der Waals surface area contributed by atoms with Gasteiger partial charge in [-0.2, -0.15) is 5.10 Å². The number of nitrogens with zero attached hydrogens (tertiary/aromatic N) is 4. The summed E-state index contributed by atoms with van der Waals surface area (Å²) in [6.07, 6.45) is 5.99. The third kappa shape index (κ3) is 3.52. The third-order valence-corrected chi connectivity index (χ3v) is 4.27. The molecule has 4 aromatic rings. The molecule has 0 saturated heterocycles. The maximum atomic E-state index is 11.7. The lowest BCUT2D eigenvalue weighted by atomic mass is 10.2. The predicted molar refractivity (Wildman–Crippen MR) is 105 cm³/mol. The normalized spacial score (nSPS) is 10.9. The summed E-state index contributed by atoms with van der Waals surface area (Å²) >= 11 is 0. The summed E-state index contributed by atoms with van der Waals surface area (Å²) in [5.74, 6) is -0.0690. The molecule has 1 amide bonds. The molecule has 4 rings (SSSR count). The maximum Gasteiger partial charge on any atom is 0.225 e. The zero-order valence-electron chi connectivity index (χ0n) is 15.2. The second kappa shape index (κ2) is 6.95. The molecular weight excluding hydrogens is 340 g/mol. The summed E-state index contributed by atoms with van der Waals surface area (Å²) < 4.78 is 3.70. The zero-order valence-corrected chi connectivity index (χ0v) is 15.2. The van der Waals surface area contributed by atoms with Gasteiger partial charge in [0.25, 0.3) is 0 Å². The van der Waals surface area contributed by atoms with E-state index < -0.39 is 0 Å². The Labute approximate surface area is 156 Å². The van der Waals surface area contributed by atoms with Gasteiger partial charge < -0.3 is 15.0 Å². The Kier molecular flexibility index (Phi) is 4.33. The highest BCUT2D eigenvalue weighted by Gasteiger charge is 2.14.